The predicted octanol–water partition coefficient (Wildman–Crippen LogP) is 1.52. The minimum atomic E-state index is -0.103. The number of aromatic nitrogens is 2. The molecule has 2 N–H and O–H groups in total. The number of hydrogen-bond donors (Lipinski definition) is 2. The molecule has 25 heavy (non-hydrogen) atoms. The van der Waals surface area contributed by atoms with E-state index in [9.17, 15) is 9.59 Å². The lowest BCUT2D eigenvalue weighted by molar-refractivity contribution is -0.126. The number of carbonyl (C=O) groups is 2. The van der Waals surface area contributed by atoms with Crippen LogP contribution in [0.15, 0.2) is 6.33 Å². The molecule has 0 fully saturated rings. The standard InChI is InChI=1S/C18H30N4O3/c1-3-4-5-6-9-19-18(24)16-15-8-7-14(12-22(15)13-21-16)17(23)20-10-11-25-2/h13-14H,3-12H2,1-2H3,(H,19,24)(H,20,23). The summed E-state index contributed by atoms with van der Waals surface area (Å²) >= 11 is 0. The van der Waals surface area contributed by atoms with Crippen LogP contribution >= 0.6 is 0 Å². The molecule has 1 aromatic rings. The van der Waals surface area contributed by atoms with Gasteiger partial charge in [-0.2, -0.15) is 0 Å². The number of unbranched alkanes of at least 4 members (excludes halogenated alkanes) is 3. The maximum Gasteiger partial charge on any atom is 0.271 e. The van der Waals surface area contributed by atoms with E-state index < -0.39 is 0 Å². The minimum Gasteiger partial charge on any atom is -0.383 e. The highest BCUT2D eigenvalue weighted by Gasteiger charge is 2.28. The number of amides is 2. The maximum atomic E-state index is 12.3. The van der Waals surface area contributed by atoms with Crippen molar-refractivity contribution < 1.29 is 14.3 Å². The summed E-state index contributed by atoms with van der Waals surface area (Å²) in [7, 11) is 1.61. The molecule has 0 saturated carbocycles. The second-order valence-electron chi connectivity index (χ2n) is 6.53. The minimum absolute atomic E-state index is 0.0401. The van der Waals surface area contributed by atoms with Crippen molar-refractivity contribution in [3.05, 3.63) is 17.7 Å². The maximum absolute atomic E-state index is 12.3. The van der Waals surface area contributed by atoms with Crippen molar-refractivity contribution in [2.75, 3.05) is 26.8 Å². The molecule has 0 aliphatic carbocycles. The summed E-state index contributed by atoms with van der Waals surface area (Å²) < 4.78 is 6.89. The molecule has 7 nitrogen and oxygen atoms in total. The molecule has 0 aromatic carbocycles. The van der Waals surface area contributed by atoms with Crippen LogP contribution in [0.5, 0.6) is 0 Å². The Morgan fingerprint density at radius 3 is 2.88 bits per heavy atom. The van der Waals surface area contributed by atoms with Crippen molar-refractivity contribution in [2.45, 2.75) is 52.0 Å². The lowest BCUT2D eigenvalue weighted by Crippen LogP contribution is -2.37. The summed E-state index contributed by atoms with van der Waals surface area (Å²) in [6.45, 7) is 4.47. The number of nitrogens with zero attached hydrogens (tertiary/aromatic N) is 2. The van der Waals surface area contributed by atoms with Crippen LogP contribution in [0, 0.1) is 5.92 Å². The van der Waals surface area contributed by atoms with Gasteiger partial charge in [-0.3, -0.25) is 9.59 Å². The van der Waals surface area contributed by atoms with E-state index in [2.05, 4.69) is 22.5 Å². The molecule has 1 aromatic heterocycles. The third kappa shape index (κ3) is 5.56. The van der Waals surface area contributed by atoms with Crippen LogP contribution in [0.4, 0.5) is 0 Å². The SMILES string of the molecule is CCCCCCNC(=O)c1ncn2c1CCC(C(=O)NCCOC)C2. The van der Waals surface area contributed by atoms with Gasteiger partial charge >= 0.3 is 0 Å². The van der Waals surface area contributed by atoms with E-state index in [0.717, 1.165) is 25.0 Å². The normalized spacial score (nSPS) is 16.3. The Hall–Kier alpha value is -1.89. The van der Waals surface area contributed by atoms with E-state index in [1.54, 1.807) is 13.4 Å². The number of rotatable bonds is 10. The van der Waals surface area contributed by atoms with E-state index in [1.807, 2.05) is 4.57 Å². The first-order valence-corrected chi connectivity index (χ1v) is 9.26. The molecule has 2 rings (SSSR count). The van der Waals surface area contributed by atoms with E-state index in [-0.39, 0.29) is 17.7 Å². The molecule has 2 amide bonds. The highest BCUT2D eigenvalue weighted by Crippen LogP contribution is 2.22. The number of hydrogen-bond acceptors (Lipinski definition) is 4. The summed E-state index contributed by atoms with van der Waals surface area (Å²) in [6, 6.07) is 0. The molecule has 0 radical (unpaired) electrons. The molecule has 0 spiro atoms. The van der Waals surface area contributed by atoms with Gasteiger partial charge in [0, 0.05) is 26.7 Å². The fourth-order valence-electron chi connectivity index (χ4n) is 3.13. The van der Waals surface area contributed by atoms with Gasteiger partial charge in [0.25, 0.3) is 5.91 Å². The van der Waals surface area contributed by atoms with Gasteiger partial charge in [-0.25, -0.2) is 4.98 Å². The van der Waals surface area contributed by atoms with Crippen LogP contribution in [-0.2, 0) is 22.5 Å². The van der Waals surface area contributed by atoms with Crippen LogP contribution in [0.25, 0.3) is 0 Å². The van der Waals surface area contributed by atoms with Gasteiger partial charge in [0.2, 0.25) is 5.91 Å². The monoisotopic (exact) mass is 350 g/mol. The zero-order chi connectivity index (χ0) is 18.1. The third-order valence-corrected chi connectivity index (χ3v) is 4.60. The molecule has 1 aliphatic heterocycles. The van der Waals surface area contributed by atoms with Crippen LogP contribution in [-0.4, -0.2) is 48.2 Å². The highest BCUT2D eigenvalue weighted by atomic mass is 16.5. The number of methoxy groups -OCH3 is 1. The molecule has 1 atom stereocenters. The first kappa shape index (κ1) is 19.4. The number of ether oxygens (including phenoxy) is 1. The molecular weight excluding hydrogens is 320 g/mol. The van der Waals surface area contributed by atoms with Crippen molar-refractivity contribution in [3.8, 4) is 0 Å². The Morgan fingerprint density at radius 2 is 2.12 bits per heavy atom. The summed E-state index contributed by atoms with van der Waals surface area (Å²) in [4.78, 5) is 28.8. The van der Waals surface area contributed by atoms with Gasteiger partial charge < -0.3 is 19.9 Å². The Morgan fingerprint density at radius 1 is 1.28 bits per heavy atom. The number of carbonyl (C=O) groups excluding carboxylic acids is 2. The van der Waals surface area contributed by atoms with Crippen LogP contribution in [0.3, 0.4) is 0 Å². The topological polar surface area (TPSA) is 85.2 Å². The first-order chi connectivity index (χ1) is 12.2. The van der Waals surface area contributed by atoms with E-state index in [1.165, 1.54) is 12.8 Å². The largest absolute Gasteiger partial charge is 0.383 e. The van der Waals surface area contributed by atoms with Crippen LogP contribution in [0.1, 0.15) is 55.2 Å². The molecule has 0 bridgehead atoms. The lowest BCUT2D eigenvalue weighted by Gasteiger charge is -2.23. The van der Waals surface area contributed by atoms with E-state index in [4.69, 9.17) is 4.74 Å². The summed E-state index contributed by atoms with van der Waals surface area (Å²) in [5.41, 5.74) is 1.45. The van der Waals surface area contributed by atoms with Gasteiger partial charge in [-0.05, 0) is 19.3 Å². The van der Waals surface area contributed by atoms with Crippen LogP contribution in [0.2, 0.25) is 0 Å². The van der Waals surface area contributed by atoms with Gasteiger partial charge in [0.1, 0.15) is 5.69 Å². The highest BCUT2D eigenvalue weighted by molar-refractivity contribution is 5.93. The van der Waals surface area contributed by atoms with Gasteiger partial charge in [-0.15, -0.1) is 0 Å². The Bertz CT molecular complexity index is 571. The second-order valence-corrected chi connectivity index (χ2v) is 6.53. The molecular formula is C18H30N4O3. The van der Waals surface area contributed by atoms with Gasteiger partial charge in [-0.1, -0.05) is 26.2 Å². The quantitative estimate of drug-likeness (QED) is 0.627. The van der Waals surface area contributed by atoms with Crippen molar-refractivity contribution >= 4 is 11.8 Å². The smallest absolute Gasteiger partial charge is 0.271 e. The van der Waals surface area contributed by atoms with Gasteiger partial charge in [0.15, 0.2) is 0 Å². The van der Waals surface area contributed by atoms with Crippen molar-refractivity contribution in [3.63, 3.8) is 0 Å². The number of fused-ring (bicyclic) bond motifs is 1. The first-order valence-electron chi connectivity index (χ1n) is 9.26. The molecule has 0 saturated heterocycles. The molecule has 1 unspecified atom stereocenters. The zero-order valence-corrected chi connectivity index (χ0v) is 15.3. The summed E-state index contributed by atoms with van der Waals surface area (Å²) in [6.07, 6.45) is 7.63. The fourth-order valence-corrected chi connectivity index (χ4v) is 3.13. The molecule has 140 valence electrons. The van der Waals surface area contributed by atoms with Gasteiger partial charge in [0.05, 0.1) is 24.5 Å². The van der Waals surface area contributed by atoms with E-state index >= 15 is 0 Å². The number of imidazole rings is 1. The van der Waals surface area contributed by atoms with Crippen LogP contribution < -0.4 is 10.6 Å². The Kier molecular flexibility index (Phi) is 7.91. The molecule has 1 aliphatic rings. The zero-order valence-electron chi connectivity index (χ0n) is 15.3. The molecule has 7 heteroatoms. The molecule has 2 heterocycles. The Balaban J connectivity index is 1.85. The lowest BCUT2D eigenvalue weighted by atomic mass is 9.96. The van der Waals surface area contributed by atoms with E-state index in [0.29, 0.717) is 38.4 Å². The van der Waals surface area contributed by atoms with Crippen molar-refractivity contribution in [2.24, 2.45) is 5.92 Å². The van der Waals surface area contributed by atoms with Crippen molar-refractivity contribution in [1.29, 1.82) is 0 Å². The average molecular weight is 350 g/mol. The number of nitrogens with one attached hydrogen (secondary N) is 2. The third-order valence-electron chi connectivity index (χ3n) is 4.60. The Labute approximate surface area is 149 Å². The summed E-state index contributed by atoms with van der Waals surface area (Å²) in [5, 5.41) is 5.84. The van der Waals surface area contributed by atoms with Crippen molar-refractivity contribution in [1.82, 2.24) is 20.2 Å². The second kappa shape index (κ2) is 10.2. The average Bonchev–Trinajstić information content (AvgIpc) is 3.04. The fraction of sp³-hybridized carbons (Fsp3) is 0.722. The predicted molar refractivity (Wildman–Crippen MR) is 95.4 cm³/mol. The summed E-state index contributed by atoms with van der Waals surface area (Å²) in [5.74, 6) is -0.143.